The Hall–Kier alpha value is -2.15. The summed E-state index contributed by atoms with van der Waals surface area (Å²) in [5, 5.41) is 22.3. The molecule has 2 rings (SSSR count). The molecule has 1 saturated heterocycles. The average Bonchev–Trinajstić information content (AvgIpc) is 2.87. The Morgan fingerprint density at radius 1 is 1.47 bits per heavy atom. The minimum absolute atomic E-state index is 0.0209. The van der Waals surface area contributed by atoms with Crippen molar-refractivity contribution < 1.29 is 14.8 Å². The number of benzene rings is 1. The predicted octanol–water partition coefficient (Wildman–Crippen LogP) is 1.58. The fraction of sp³-hybridized carbons (Fsp3) is 0.417. The van der Waals surface area contributed by atoms with Crippen LogP contribution in [-0.2, 0) is 0 Å². The van der Waals surface area contributed by atoms with E-state index in [4.69, 9.17) is 5.11 Å². The van der Waals surface area contributed by atoms with Crippen molar-refractivity contribution in [3.8, 4) is 0 Å². The van der Waals surface area contributed by atoms with E-state index in [1.807, 2.05) is 0 Å². The molecule has 0 aliphatic carbocycles. The van der Waals surface area contributed by atoms with Gasteiger partial charge in [0.2, 0.25) is 0 Å². The van der Waals surface area contributed by atoms with Crippen molar-refractivity contribution in [2.24, 2.45) is 0 Å². The number of nitro benzene ring substituents is 1. The lowest BCUT2D eigenvalue weighted by Crippen LogP contribution is -2.40. The van der Waals surface area contributed by atoms with E-state index in [0.29, 0.717) is 12.2 Å². The smallest absolute Gasteiger partial charge is 0.322 e. The number of carbonyl (C=O) groups is 1. The normalized spacial score (nSPS) is 18.4. The number of nitrogens with zero attached hydrogens (tertiary/aromatic N) is 2. The summed E-state index contributed by atoms with van der Waals surface area (Å²) in [5.41, 5.74) is 0.478. The fourth-order valence-corrected chi connectivity index (χ4v) is 2.15. The number of carbonyl (C=O) groups excluding carboxylic acids is 1. The monoisotopic (exact) mass is 265 g/mol. The summed E-state index contributed by atoms with van der Waals surface area (Å²) in [6, 6.07) is 5.22. The van der Waals surface area contributed by atoms with Crippen LogP contribution in [0.25, 0.3) is 0 Å². The third-order valence-electron chi connectivity index (χ3n) is 3.18. The summed E-state index contributed by atoms with van der Waals surface area (Å²) >= 11 is 0. The molecule has 1 aromatic rings. The van der Waals surface area contributed by atoms with Crippen LogP contribution in [0.4, 0.5) is 16.2 Å². The van der Waals surface area contributed by atoms with Crippen molar-refractivity contribution in [1.29, 1.82) is 0 Å². The van der Waals surface area contributed by atoms with Crippen LogP contribution in [-0.4, -0.2) is 40.2 Å². The van der Waals surface area contributed by atoms with Crippen molar-refractivity contribution in [2.45, 2.75) is 18.9 Å². The van der Waals surface area contributed by atoms with Crippen molar-refractivity contribution >= 4 is 17.4 Å². The minimum Gasteiger partial charge on any atom is -0.394 e. The molecule has 0 spiro atoms. The fourth-order valence-electron chi connectivity index (χ4n) is 2.15. The summed E-state index contributed by atoms with van der Waals surface area (Å²) in [4.78, 5) is 23.6. The second kappa shape index (κ2) is 5.66. The van der Waals surface area contributed by atoms with Crippen molar-refractivity contribution in [3.05, 3.63) is 34.4 Å². The second-order valence-corrected chi connectivity index (χ2v) is 4.41. The van der Waals surface area contributed by atoms with Crippen LogP contribution in [0.15, 0.2) is 24.3 Å². The van der Waals surface area contributed by atoms with Crippen LogP contribution in [0, 0.1) is 10.1 Å². The van der Waals surface area contributed by atoms with Gasteiger partial charge >= 0.3 is 6.03 Å². The van der Waals surface area contributed by atoms with E-state index < -0.39 is 4.92 Å². The van der Waals surface area contributed by atoms with Crippen LogP contribution >= 0.6 is 0 Å². The first-order valence-corrected chi connectivity index (χ1v) is 6.05. The van der Waals surface area contributed by atoms with Crippen molar-refractivity contribution in [3.63, 3.8) is 0 Å². The number of nitrogens with one attached hydrogen (secondary N) is 1. The van der Waals surface area contributed by atoms with Gasteiger partial charge in [0, 0.05) is 24.4 Å². The van der Waals surface area contributed by atoms with E-state index in [0.717, 1.165) is 12.8 Å². The Morgan fingerprint density at radius 2 is 2.16 bits per heavy atom. The van der Waals surface area contributed by atoms with Gasteiger partial charge in [-0.2, -0.15) is 0 Å². The van der Waals surface area contributed by atoms with Crippen LogP contribution < -0.4 is 5.32 Å². The van der Waals surface area contributed by atoms with Gasteiger partial charge in [-0.1, -0.05) is 0 Å². The molecule has 0 aromatic heterocycles. The van der Waals surface area contributed by atoms with Gasteiger partial charge in [-0.3, -0.25) is 10.1 Å². The van der Waals surface area contributed by atoms with Gasteiger partial charge in [-0.15, -0.1) is 0 Å². The molecular formula is C12H15N3O4. The molecule has 102 valence electrons. The number of aliphatic hydroxyl groups excluding tert-OH is 1. The molecule has 7 heteroatoms. The highest BCUT2D eigenvalue weighted by molar-refractivity contribution is 5.89. The maximum absolute atomic E-state index is 12.0. The van der Waals surface area contributed by atoms with Crippen molar-refractivity contribution in [2.75, 3.05) is 18.5 Å². The summed E-state index contributed by atoms with van der Waals surface area (Å²) in [6.07, 6.45) is 1.67. The number of likely N-dealkylation sites (tertiary alicyclic amines) is 1. The number of hydrogen-bond donors (Lipinski definition) is 2. The largest absolute Gasteiger partial charge is 0.394 e. The highest BCUT2D eigenvalue weighted by Crippen LogP contribution is 2.20. The number of anilines is 1. The lowest BCUT2D eigenvalue weighted by atomic mass is 10.2. The van der Waals surface area contributed by atoms with Gasteiger partial charge in [0.25, 0.3) is 5.69 Å². The zero-order valence-corrected chi connectivity index (χ0v) is 10.3. The average molecular weight is 265 g/mol. The first kappa shape index (κ1) is 13.3. The standard InChI is InChI=1S/C12H15N3O4/c16-8-11-2-1-7-14(11)12(17)13-9-3-5-10(6-4-9)15(18)19/h3-6,11,16H,1-2,7-8H2,(H,13,17)/t11-/m0/s1. The third kappa shape index (κ3) is 3.00. The highest BCUT2D eigenvalue weighted by Gasteiger charge is 2.27. The van der Waals surface area contributed by atoms with E-state index >= 15 is 0 Å². The van der Waals surface area contributed by atoms with Crippen LogP contribution in [0.5, 0.6) is 0 Å². The molecular weight excluding hydrogens is 250 g/mol. The lowest BCUT2D eigenvalue weighted by molar-refractivity contribution is -0.384. The predicted molar refractivity (Wildman–Crippen MR) is 68.9 cm³/mol. The molecule has 0 bridgehead atoms. The van der Waals surface area contributed by atoms with Gasteiger partial charge in [-0.05, 0) is 25.0 Å². The quantitative estimate of drug-likeness (QED) is 0.640. The molecule has 2 N–H and O–H groups in total. The molecule has 1 aromatic carbocycles. The second-order valence-electron chi connectivity index (χ2n) is 4.41. The van der Waals surface area contributed by atoms with Gasteiger partial charge < -0.3 is 15.3 Å². The Bertz CT molecular complexity index is 474. The van der Waals surface area contributed by atoms with E-state index in [-0.39, 0.29) is 24.4 Å². The highest BCUT2D eigenvalue weighted by atomic mass is 16.6. The number of hydrogen-bond acceptors (Lipinski definition) is 4. The molecule has 19 heavy (non-hydrogen) atoms. The maximum Gasteiger partial charge on any atom is 0.322 e. The number of aliphatic hydroxyl groups is 1. The van der Waals surface area contributed by atoms with E-state index in [9.17, 15) is 14.9 Å². The number of amides is 2. The van der Waals surface area contributed by atoms with Gasteiger partial charge in [0.1, 0.15) is 0 Å². The molecule has 1 heterocycles. The SMILES string of the molecule is O=C(Nc1ccc([N+](=O)[O-])cc1)N1CCC[C@H]1CO. The Balaban J connectivity index is 2.00. The zero-order valence-electron chi connectivity index (χ0n) is 10.3. The zero-order chi connectivity index (χ0) is 13.8. The Labute approximate surface area is 110 Å². The van der Waals surface area contributed by atoms with Crippen LogP contribution in [0.1, 0.15) is 12.8 Å². The first-order valence-electron chi connectivity index (χ1n) is 6.05. The van der Waals surface area contributed by atoms with Gasteiger partial charge in [0.05, 0.1) is 17.6 Å². The maximum atomic E-state index is 12.0. The Morgan fingerprint density at radius 3 is 2.74 bits per heavy atom. The Kier molecular flexibility index (Phi) is 3.96. The van der Waals surface area contributed by atoms with Gasteiger partial charge in [-0.25, -0.2) is 4.79 Å². The van der Waals surface area contributed by atoms with Gasteiger partial charge in [0.15, 0.2) is 0 Å². The minimum atomic E-state index is -0.492. The molecule has 1 aliphatic rings. The molecule has 7 nitrogen and oxygen atoms in total. The molecule has 1 atom stereocenters. The molecule has 1 aliphatic heterocycles. The number of urea groups is 1. The molecule has 1 fully saturated rings. The van der Waals surface area contributed by atoms with E-state index in [1.165, 1.54) is 24.3 Å². The topological polar surface area (TPSA) is 95.7 Å². The van der Waals surface area contributed by atoms with Crippen molar-refractivity contribution in [1.82, 2.24) is 4.90 Å². The number of nitro groups is 1. The summed E-state index contributed by atoms with van der Waals surface area (Å²) in [6.45, 7) is 0.567. The molecule has 0 unspecified atom stereocenters. The molecule has 0 radical (unpaired) electrons. The summed E-state index contributed by atoms with van der Waals surface area (Å²) < 4.78 is 0. The first-order chi connectivity index (χ1) is 9.11. The molecule has 2 amide bonds. The third-order valence-corrected chi connectivity index (χ3v) is 3.18. The lowest BCUT2D eigenvalue weighted by Gasteiger charge is -2.23. The molecule has 0 saturated carbocycles. The van der Waals surface area contributed by atoms with E-state index in [2.05, 4.69) is 5.32 Å². The number of rotatable bonds is 3. The van der Waals surface area contributed by atoms with Crippen LogP contribution in [0.3, 0.4) is 0 Å². The number of non-ortho nitro benzene ring substituents is 1. The summed E-state index contributed by atoms with van der Waals surface area (Å²) in [5.74, 6) is 0. The van der Waals surface area contributed by atoms with E-state index in [1.54, 1.807) is 4.90 Å². The summed E-state index contributed by atoms with van der Waals surface area (Å²) in [7, 11) is 0. The van der Waals surface area contributed by atoms with Crippen LogP contribution in [0.2, 0.25) is 0 Å².